The van der Waals surface area contributed by atoms with Crippen molar-refractivity contribution in [2.24, 2.45) is 0 Å². The Morgan fingerprint density at radius 2 is 1.68 bits per heavy atom. The maximum absolute atomic E-state index is 14.6. The number of hydrogen-bond acceptors (Lipinski definition) is 2. The number of carbonyl (C=O) groups is 1. The summed E-state index contributed by atoms with van der Waals surface area (Å²) in [5, 5.41) is 2.57. The van der Waals surface area contributed by atoms with Crippen molar-refractivity contribution in [3.05, 3.63) is 102 Å². The fraction of sp³-hybridized carbons (Fsp3) is 0.0909. The fourth-order valence-corrected chi connectivity index (χ4v) is 3.29. The third-order valence-corrected chi connectivity index (χ3v) is 4.62. The largest absolute Gasteiger partial charge is 0.324 e. The molecule has 4 nitrogen and oxygen atoms in total. The molecule has 0 saturated carbocycles. The zero-order valence-electron chi connectivity index (χ0n) is 14.8. The number of amides is 1. The molecule has 1 unspecified atom stereocenters. The maximum Gasteiger partial charge on any atom is 0.225 e. The van der Waals surface area contributed by atoms with Crippen molar-refractivity contribution >= 4 is 17.2 Å². The van der Waals surface area contributed by atoms with E-state index in [0.29, 0.717) is 16.9 Å². The molecule has 0 bridgehead atoms. The lowest BCUT2D eigenvalue weighted by Crippen LogP contribution is -2.18. The quantitative estimate of drug-likeness (QED) is 0.544. The van der Waals surface area contributed by atoms with Gasteiger partial charge in [0.05, 0.1) is 11.4 Å². The summed E-state index contributed by atoms with van der Waals surface area (Å²) in [5.41, 5.74) is 1.87. The summed E-state index contributed by atoms with van der Waals surface area (Å²) < 4.78 is 30.2. The lowest BCUT2D eigenvalue weighted by molar-refractivity contribution is -0.116. The standard InChI is InChI=1S/C22H17F2N3O/c23-17-8-2-1-7-15(17)16(20-14-25-21-11-5-6-12-27(20)21)13-22(28)26-19-10-4-3-9-18(19)24/h1-12,14,16H,13H2,(H,26,28). The molecule has 0 saturated heterocycles. The van der Waals surface area contributed by atoms with Crippen molar-refractivity contribution in [1.29, 1.82) is 0 Å². The number of para-hydroxylation sites is 1. The first-order valence-corrected chi connectivity index (χ1v) is 8.84. The van der Waals surface area contributed by atoms with Crippen LogP contribution in [0.3, 0.4) is 0 Å². The summed E-state index contributed by atoms with van der Waals surface area (Å²) in [7, 11) is 0. The van der Waals surface area contributed by atoms with E-state index in [4.69, 9.17) is 0 Å². The van der Waals surface area contributed by atoms with Gasteiger partial charge in [0.25, 0.3) is 0 Å². The number of halogens is 2. The highest BCUT2D eigenvalue weighted by Gasteiger charge is 2.24. The number of nitrogens with zero attached hydrogens (tertiary/aromatic N) is 2. The van der Waals surface area contributed by atoms with Crippen LogP contribution in [0.1, 0.15) is 23.6 Å². The van der Waals surface area contributed by atoms with Crippen molar-refractivity contribution in [3.8, 4) is 0 Å². The van der Waals surface area contributed by atoms with Gasteiger partial charge >= 0.3 is 0 Å². The second kappa shape index (κ2) is 7.60. The fourth-order valence-electron chi connectivity index (χ4n) is 3.29. The highest BCUT2D eigenvalue weighted by atomic mass is 19.1. The van der Waals surface area contributed by atoms with Gasteiger partial charge in [0.1, 0.15) is 17.3 Å². The molecule has 1 N–H and O–H groups in total. The predicted octanol–water partition coefficient (Wildman–Crippen LogP) is 4.77. The number of anilines is 1. The third kappa shape index (κ3) is 3.49. The molecule has 0 aliphatic heterocycles. The SMILES string of the molecule is O=C(CC(c1ccccc1F)c1cnc2ccccn12)Nc1ccccc1F. The molecule has 0 fully saturated rings. The molecule has 0 aliphatic carbocycles. The van der Waals surface area contributed by atoms with Crippen molar-refractivity contribution in [2.75, 3.05) is 5.32 Å². The molecule has 0 spiro atoms. The van der Waals surface area contributed by atoms with E-state index in [-0.39, 0.29) is 12.1 Å². The first kappa shape index (κ1) is 17.9. The van der Waals surface area contributed by atoms with Crippen molar-refractivity contribution in [2.45, 2.75) is 12.3 Å². The van der Waals surface area contributed by atoms with E-state index in [9.17, 15) is 13.6 Å². The Hall–Kier alpha value is -3.54. The zero-order valence-corrected chi connectivity index (χ0v) is 14.8. The molecule has 2 aromatic carbocycles. The Morgan fingerprint density at radius 1 is 0.964 bits per heavy atom. The highest BCUT2D eigenvalue weighted by molar-refractivity contribution is 5.91. The van der Waals surface area contributed by atoms with Crippen LogP contribution in [0.4, 0.5) is 14.5 Å². The molecule has 0 radical (unpaired) electrons. The molecule has 6 heteroatoms. The van der Waals surface area contributed by atoms with Crippen LogP contribution in [-0.4, -0.2) is 15.3 Å². The van der Waals surface area contributed by atoms with E-state index in [0.717, 1.165) is 0 Å². The molecule has 1 amide bonds. The Kier molecular flexibility index (Phi) is 4.85. The van der Waals surface area contributed by atoms with Crippen LogP contribution < -0.4 is 5.32 Å². The van der Waals surface area contributed by atoms with E-state index < -0.39 is 23.5 Å². The Morgan fingerprint density at radius 3 is 2.46 bits per heavy atom. The van der Waals surface area contributed by atoms with Gasteiger partial charge in [0.15, 0.2) is 0 Å². The van der Waals surface area contributed by atoms with E-state index in [1.165, 1.54) is 18.2 Å². The summed E-state index contributed by atoms with van der Waals surface area (Å²) in [4.78, 5) is 17.0. The van der Waals surface area contributed by atoms with Crippen LogP contribution in [0.5, 0.6) is 0 Å². The topological polar surface area (TPSA) is 46.4 Å². The van der Waals surface area contributed by atoms with E-state index >= 15 is 0 Å². The van der Waals surface area contributed by atoms with Crippen molar-refractivity contribution < 1.29 is 13.6 Å². The predicted molar refractivity (Wildman–Crippen MR) is 103 cm³/mol. The number of nitrogens with one attached hydrogen (secondary N) is 1. The molecule has 2 aromatic heterocycles. The molecule has 4 rings (SSSR count). The summed E-state index contributed by atoms with van der Waals surface area (Å²) in [5.74, 6) is -1.92. The molecular weight excluding hydrogens is 360 g/mol. The number of rotatable bonds is 5. The van der Waals surface area contributed by atoms with E-state index in [1.54, 1.807) is 36.5 Å². The molecule has 28 heavy (non-hydrogen) atoms. The average Bonchev–Trinajstić information content (AvgIpc) is 3.13. The highest BCUT2D eigenvalue weighted by Crippen LogP contribution is 2.31. The number of pyridine rings is 1. The summed E-state index contributed by atoms with van der Waals surface area (Å²) in [6.45, 7) is 0. The number of hydrogen-bond donors (Lipinski definition) is 1. The minimum Gasteiger partial charge on any atom is -0.324 e. The van der Waals surface area contributed by atoms with Crippen molar-refractivity contribution in [3.63, 3.8) is 0 Å². The van der Waals surface area contributed by atoms with Gasteiger partial charge in [-0.3, -0.25) is 4.79 Å². The molecule has 4 aromatic rings. The number of benzene rings is 2. The van der Waals surface area contributed by atoms with Gasteiger partial charge in [-0.2, -0.15) is 0 Å². The third-order valence-electron chi connectivity index (χ3n) is 4.62. The van der Waals surface area contributed by atoms with Gasteiger partial charge in [0.2, 0.25) is 5.91 Å². The normalized spacial score (nSPS) is 12.1. The van der Waals surface area contributed by atoms with Gasteiger partial charge in [-0.05, 0) is 35.9 Å². The smallest absolute Gasteiger partial charge is 0.225 e. The summed E-state index contributed by atoms with van der Waals surface area (Å²) in [6, 6.07) is 17.8. The minimum atomic E-state index is -0.578. The molecule has 0 aliphatic rings. The monoisotopic (exact) mass is 377 g/mol. The van der Waals surface area contributed by atoms with E-state index in [1.807, 2.05) is 28.8 Å². The minimum absolute atomic E-state index is 0.0576. The van der Waals surface area contributed by atoms with E-state index in [2.05, 4.69) is 10.3 Å². The average molecular weight is 377 g/mol. The lowest BCUT2D eigenvalue weighted by atomic mass is 9.91. The Labute approximate surface area is 160 Å². The van der Waals surface area contributed by atoms with Gasteiger partial charge in [-0.1, -0.05) is 36.4 Å². The Bertz CT molecular complexity index is 1140. The second-order valence-corrected chi connectivity index (χ2v) is 6.42. The van der Waals surface area contributed by atoms with Gasteiger partial charge in [-0.15, -0.1) is 0 Å². The number of fused-ring (bicyclic) bond motifs is 1. The summed E-state index contributed by atoms with van der Waals surface area (Å²) in [6.07, 6.45) is 3.40. The van der Waals surface area contributed by atoms with Crippen LogP contribution in [0.2, 0.25) is 0 Å². The van der Waals surface area contributed by atoms with Gasteiger partial charge in [-0.25, -0.2) is 13.8 Å². The van der Waals surface area contributed by atoms with Gasteiger partial charge in [0, 0.05) is 24.7 Å². The van der Waals surface area contributed by atoms with Crippen LogP contribution >= 0.6 is 0 Å². The first-order chi connectivity index (χ1) is 13.6. The number of imidazole rings is 1. The number of aromatic nitrogens is 2. The zero-order chi connectivity index (χ0) is 19.5. The van der Waals surface area contributed by atoms with Crippen LogP contribution in [0, 0.1) is 11.6 Å². The lowest BCUT2D eigenvalue weighted by Gasteiger charge is -2.18. The molecule has 1 atom stereocenters. The first-order valence-electron chi connectivity index (χ1n) is 8.84. The van der Waals surface area contributed by atoms with Crippen molar-refractivity contribution in [1.82, 2.24) is 9.38 Å². The maximum atomic E-state index is 14.6. The molecule has 140 valence electrons. The van der Waals surface area contributed by atoms with Crippen LogP contribution in [0.25, 0.3) is 5.65 Å². The van der Waals surface area contributed by atoms with Gasteiger partial charge < -0.3 is 9.72 Å². The van der Waals surface area contributed by atoms with Crippen LogP contribution in [0.15, 0.2) is 79.1 Å². The molecular formula is C22H17F2N3O. The summed E-state index contributed by atoms with van der Waals surface area (Å²) >= 11 is 0. The number of carbonyl (C=O) groups excluding carboxylic acids is 1. The van der Waals surface area contributed by atoms with Crippen LogP contribution in [-0.2, 0) is 4.79 Å². The Balaban J connectivity index is 1.71. The second-order valence-electron chi connectivity index (χ2n) is 6.42. The molecule has 2 heterocycles.